The molecule has 0 radical (unpaired) electrons. The van der Waals surface area contributed by atoms with Crippen molar-refractivity contribution in [2.75, 3.05) is 6.61 Å². The van der Waals surface area contributed by atoms with E-state index in [0.29, 0.717) is 12.5 Å². The minimum atomic E-state index is 0.186. The molecule has 2 atom stereocenters. The van der Waals surface area contributed by atoms with Crippen molar-refractivity contribution in [3.05, 3.63) is 54.0 Å². The lowest BCUT2D eigenvalue weighted by molar-refractivity contribution is 0.183. The predicted octanol–water partition coefficient (Wildman–Crippen LogP) is 1.91. The minimum absolute atomic E-state index is 0.186. The molecule has 1 aliphatic rings. The van der Waals surface area contributed by atoms with Gasteiger partial charge in [0.1, 0.15) is 5.75 Å². The van der Waals surface area contributed by atoms with E-state index in [2.05, 4.69) is 11.5 Å². The molecule has 0 bridgehead atoms. The molecule has 1 aromatic heterocycles. The molecule has 0 saturated heterocycles. The van der Waals surface area contributed by atoms with Gasteiger partial charge in [-0.15, -0.1) is 0 Å². The first-order valence-electron chi connectivity index (χ1n) is 6.54. The molecule has 3 rings (SSSR count). The Labute approximate surface area is 112 Å². The van der Waals surface area contributed by atoms with Crippen molar-refractivity contribution in [3.63, 3.8) is 0 Å². The molecule has 0 amide bonds. The van der Waals surface area contributed by atoms with Gasteiger partial charge in [-0.1, -0.05) is 18.2 Å². The molecule has 2 aromatic rings. The number of furan rings is 1. The van der Waals surface area contributed by atoms with Crippen LogP contribution in [-0.2, 0) is 12.8 Å². The summed E-state index contributed by atoms with van der Waals surface area (Å²) >= 11 is 0. The lowest BCUT2D eigenvalue weighted by Gasteiger charge is -2.31. The topological polar surface area (TPSA) is 60.4 Å². The molecule has 100 valence electrons. The molecule has 3 N–H and O–H groups in total. The maximum atomic E-state index is 5.82. The van der Waals surface area contributed by atoms with Crippen LogP contribution >= 0.6 is 0 Å². The highest BCUT2D eigenvalue weighted by Gasteiger charge is 2.27. The van der Waals surface area contributed by atoms with Crippen molar-refractivity contribution in [2.24, 2.45) is 11.8 Å². The van der Waals surface area contributed by atoms with Gasteiger partial charge < -0.3 is 9.15 Å². The molecule has 4 nitrogen and oxygen atoms in total. The first-order chi connectivity index (χ1) is 9.36. The summed E-state index contributed by atoms with van der Waals surface area (Å²) in [6.07, 6.45) is 5.30. The van der Waals surface area contributed by atoms with E-state index < -0.39 is 0 Å². The predicted molar refractivity (Wildman–Crippen MR) is 72.7 cm³/mol. The summed E-state index contributed by atoms with van der Waals surface area (Å²) in [5.41, 5.74) is 5.33. The van der Waals surface area contributed by atoms with E-state index in [1.165, 1.54) is 5.56 Å². The van der Waals surface area contributed by atoms with E-state index in [4.69, 9.17) is 15.0 Å². The van der Waals surface area contributed by atoms with E-state index in [-0.39, 0.29) is 6.04 Å². The van der Waals surface area contributed by atoms with Crippen LogP contribution < -0.4 is 16.0 Å². The molecule has 0 fully saturated rings. The van der Waals surface area contributed by atoms with Crippen LogP contribution in [0.25, 0.3) is 0 Å². The largest absolute Gasteiger partial charge is 0.493 e. The molecule has 2 unspecified atom stereocenters. The lowest BCUT2D eigenvalue weighted by atomic mass is 9.88. The van der Waals surface area contributed by atoms with Crippen LogP contribution in [0.2, 0.25) is 0 Å². The van der Waals surface area contributed by atoms with Gasteiger partial charge in [-0.2, -0.15) is 0 Å². The van der Waals surface area contributed by atoms with Gasteiger partial charge in [-0.25, -0.2) is 0 Å². The van der Waals surface area contributed by atoms with Crippen molar-refractivity contribution in [3.8, 4) is 5.75 Å². The second-order valence-corrected chi connectivity index (χ2v) is 4.99. The zero-order chi connectivity index (χ0) is 13.1. The van der Waals surface area contributed by atoms with E-state index in [9.17, 15) is 0 Å². The fourth-order valence-corrected chi connectivity index (χ4v) is 2.63. The zero-order valence-corrected chi connectivity index (χ0v) is 10.7. The monoisotopic (exact) mass is 258 g/mol. The second-order valence-electron chi connectivity index (χ2n) is 4.99. The number of hydrogen-bond donors (Lipinski definition) is 2. The second kappa shape index (κ2) is 5.47. The number of nitrogens with two attached hydrogens (primary N) is 1. The molecule has 0 spiro atoms. The Kier molecular flexibility index (Phi) is 3.53. The Morgan fingerprint density at radius 1 is 1.32 bits per heavy atom. The Morgan fingerprint density at radius 2 is 2.21 bits per heavy atom. The third-order valence-electron chi connectivity index (χ3n) is 3.73. The Balaban J connectivity index is 1.72. The van der Waals surface area contributed by atoms with E-state index in [1.807, 2.05) is 24.3 Å². The molecule has 4 heteroatoms. The highest BCUT2D eigenvalue weighted by atomic mass is 16.5. The number of benzene rings is 1. The summed E-state index contributed by atoms with van der Waals surface area (Å²) in [7, 11) is 0. The summed E-state index contributed by atoms with van der Waals surface area (Å²) in [5, 5.41) is 0. The average Bonchev–Trinajstić information content (AvgIpc) is 2.97. The van der Waals surface area contributed by atoms with Gasteiger partial charge in [0.15, 0.2) is 0 Å². The number of rotatable bonds is 4. The molecular weight excluding hydrogens is 240 g/mol. The first kappa shape index (κ1) is 12.3. The number of fused-ring (bicyclic) bond motifs is 1. The maximum Gasteiger partial charge on any atom is 0.122 e. The van der Waals surface area contributed by atoms with E-state index >= 15 is 0 Å². The van der Waals surface area contributed by atoms with Crippen molar-refractivity contribution >= 4 is 0 Å². The highest BCUT2D eigenvalue weighted by Crippen LogP contribution is 2.29. The van der Waals surface area contributed by atoms with Gasteiger partial charge >= 0.3 is 0 Å². The SMILES string of the molecule is NNC(Cc1ccoc1)C1COc2ccccc2C1. The van der Waals surface area contributed by atoms with Crippen LogP contribution in [0.3, 0.4) is 0 Å². The molecule has 2 heterocycles. The molecule has 1 aliphatic heterocycles. The maximum absolute atomic E-state index is 5.82. The van der Waals surface area contributed by atoms with Crippen LogP contribution in [0, 0.1) is 5.92 Å². The van der Waals surface area contributed by atoms with Crippen molar-refractivity contribution in [2.45, 2.75) is 18.9 Å². The number of nitrogens with one attached hydrogen (secondary N) is 1. The van der Waals surface area contributed by atoms with E-state index in [0.717, 1.165) is 24.2 Å². The van der Waals surface area contributed by atoms with Gasteiger partial charge in [0.25, 0.3) is 0 Å². The normalized spacial score (nSPS) is 19.5. The van der Waals surface area contributed by atoms with Gasteiger partial charge in [0.05, 0.1) is 19.1 Å². The van der Waals surface area contributed by atoms with Crippen LogP contribution in [0.15, 0.2) is 47.3 Å². The summed E-state index contributed by atoms with van der Waals surface area (Å²) in [4.78, 5) is 0. The van der Waals surface area contributed by atoms with Crippen LogP contribution in [-0.4, -0.2) is 12.6 Å². The van der Waals surface area contributed by atoms with Crippen LogP contribution in [0.4, 0.5) is 0 Å². The van der Waals surface area contributed by atoms with Gasteiger partial charge in [-0.3, -0.25) is 11.3 Å². The van der Waals surface area contributed by atoms with Crippen molar-refractivity contribution < 1.29 is 9.15 Å². The highest BCUT2D eigenvalue weighted by molar-refractivity contribution is 5.35. The molecular formula is C15H18N2O2. The van der Waals surface area contributed by atoms with Crippen LogP contribution in [0.1, 0.15) is 11.1 Å². The van der Waals surface area contributed by atoms with Gasteiger partial charge in [0, 0.05) is 12.0 Å². The average molecular weight is 258 g/mol. The molecule has 1 aromatic carbocycles. The first-order valence-corrected chi connectivity index (χ1v) is 6.54. The molecule has 0 aliphatic carbocycles. The number of ether oxygens (including phenoxy) is 1. The third-order valence-corrected chi connectivity index (χ3v) is 3.73. The standard InChI is InChI=1S/C15H18N2O2/c16-17-14(7-11-5-6-18-9-11)13-8-12-3-1-2-4-15(12)19-10-13/h1-6,9,13-14,17H,7-8,10,16H2. The summed E-state index contributed by atoms with van der Waals surface area (Å²) in [6.45, 7) is 0.698. The number of hydrogen-bond acceptors (Lipinski definition) is 4. The summed E-state index contributed by atoms with van der Waals surface area (Å²) in [5.74, 6) is 7.07. The number of hydrazine groups is 1. The minimum Gasteiger partial charge on any atom is -0.493 e. The smallest absolute Gasteiger partial charge is 0.122 e. The van der Waals surface area contributed by atoms with Crippen LogP contribution in [0.5, 0.6) is 5.75 Å². The molecule has 19 heavy (non-hydrogen) atoms. The third kappa shape index (κ3) is 2.64. The van der Waals surface area contributed by atoms with Gasteiger partial charge in [0.2, 0.25) is 0 Å². The van der Waals surface area contributed by atoms with Gasteiger partial charge in [-0.05, 0) is 36.1 Å². The Morgan fingerprint density at radius 3 is 3.00 bits per heavy atom. The molecule has 0 saturated carbocycles. The van der Waals surface area contributed by atoms with E-state index in [1.54, 1.807) is 12.5 Å². The quantitative estimate of drug-likeness (QED) is 0.649. The lowest BCUT2D eigenvalue weighted by Crippen LogP contribution is -2.46. The zero-order valence-electron chi connectivity index (χ0n) is 10.7. The summed E-state index contributed by atoms with van der Waals surface area (Å²) < 4.78 is 10.9. The van der Waals surface area contributed by atoms with Crippen molar-refractivity contribution in [1.82, 2.24) is 5.43 Å². The Bertz CT molecular complexity index is 525. The number of para-hydroxylation sites is 1. The fourth-order valence-electron chi connectivity index (χ4n) is 2.63. The Hall–Kier alpha value is -1.78. The summed E-state index contributed by atoms with van der Waals surface area (Å²) in [6, 6.07) is 10.3. The van der Waals surface area contributed by atoms with Crippen molar-refractivity contribution in [1.29, 1.82) is 0 Å². The fraction of sp³-hybridized carbons (Fsp3) is 0.333.